The normalized spacial score (nSPS) is 20.3. The molecule has 746 valence electrons. The number of rotatable bonds is 31. The van der Waals surface area contributed by atoms with E-state index in [1.54, 1.807) is 99.0 Å². The number of hydrogen-bond donors (Lipinski definition) is 8. The number of amides is 12. The number of carbonyl (C=O) groups is 12. The molecule has 8 aliphatic rings. The van der Waals surface area contributed by atoms with Gasteiger partial charge in [-0.05, 0) is 206 Å². The van der Waals surface area contributed by atoms with Crippen LogP contribution < -0.4 is 42.5 Å². The van der Waals surface area contributed by atoms with E-state index in [9.17, 15) is 61.9 Å². The highest BCUT2D eigenvalue weighted by Gasteiger charge is 2.47. The van der Waals surface area contributed by atoms with Gasteiger partial charge >= 0.3 is 0 Å². The van der Waals surface area contributed by atoms with Crippen molar-refractivity contribution in [2.75, 3.05) is 47.4 Å². The zero-order valence-corrected chi connectivity index (χ0v) is 82.8. The quantitative estimate of drug-likeness (QED) is 0.0200. The average Bonchev–Trinajstić information content (AvgIpc) is 1.78. The largest absolute Gasteiger partial charge is 0.344 e. The third kappa shape index (κ3) is 28.6. The molecule has 4 saturated heterocycles. The Labute approximate surface area is 820 Å². The molecule has 3 aromatic heterocycles. The first-order valence-corrected chi connectivity index (χ1v) is 51.8. The van der Waals surface area contributed by atoms with E-state index in [1.165, 1.54) is 25.3 Å². The number of carbonyl (C=O) groups excluding carboxylic acids is 12. The maximum absolute atomic E-state index is 14.5. The fourth-order valence-electron chi connectivity index (χ4n) is 20.7. The Morgan fingerprint density at radius 2 is 0.633 bits per heavy atom. The lowest BCUT2D eigenvalue weighted by Gasteiger charge is -2.35. The minimum absolute atomic E-state index is 0.0740. The zero-order chi connectivity index (χ0) is 98.9. The van der Waals surface area contributed by atoms with Gasteiger partial charge in [0.1, 0.15) is 65.8 Å². The minimum Gasteiger partial charge on any atom is -0.344 e. The Bertz CT molecular complexity index is 5050. The van der Waals surface area contributed by atoms with E-state index < -0.39 is 48.3 Å². The summed E-state index contributed by atoms with van der Waals surface area (Å²) in [6.07, 6.45) is 35.5. The molecule has 0 spiro atoms. The molecule has 4 aromatic carbocycles. The van der Waals surface area contributed by atoms with Gasteiger partial charge in [-0.15, -0.1) is 0 Å². The standard InChI is InChI=1S/C30H38FN3O3.2C29H38N4O3.C23H34N4O3/c1-3-20(2)28(35)33-27(21-12-5-4-6-13-21)30(37)34-19-11-18-26(34)29(36)32-25-17-10-8-15-23(25)22-14-7-9-16-24(22)31;1-3-20(2)27(34)31-25(22-14-8-5-9-15-22)29(36)33-19-11-17-24(33)28(35)32-26-23(16-10-18-30-26)21-12-6-4-7-13-21;1-3-20(2)27(34)32-26(22-13-8-5-9-14-22)29(36)33-18-10-15-25(33)28(35)31-24-19-30-17-16-23(24)21-11-6-4-7-12-21;1-3-16(2)21(28)26-20(17-10-5-4-6-11-17)23(30)27-15-9-12-18(27)22(29)25-19-13-7-8-14-24-19/h7-10,14-17,20-21,26-27H,3-6,11-13,18-19H2,1-2H3,(H,32,36)(H,33,35);4,6-7,10,12-13,16,18,20,22,24-25H,3,5,8-9,11,14-15,17,19H2,1-2H3,(H,31,34)(H,30,32,35);4,6-7,11-12,16-17,19-20,22,25-26H,3,5,8-10,13-15,18H2,1-2H3,(H,31,35)(H,32,34);7-8,13-14,16-18,20H,3-6,9-12,15H2,1-2H3,(H,26,28)(H,24,25,29)/t20-,26+,27+;20-,24+,25+;20-,25+,26+;16-,18+,20+/m1111/s1. The van der Waals surface area contributed by atoms with Gasteiger partial charge < -0.3 is 62.1 Å². The molecule has 12 amide bonds. The van der Waals surface area contributed by atoms with Gasteiger partial charge in [0.25, 0.3) is 0 Å². The number of para-hydroxylation sites is 1. The summed E-state index contributed by atoms with van der Waals surface area (Å²) in [4.78, 5) is 179. The molecule has 12 atom stereocenters. The van der Waals surface area contributed by atoms with Crippen molar-refractivity contribution >= 4 is 93.9 Å². The van der Waals surface area contributed by atoms with Crippen molar-refractivity contribution in [3.8, 4) is 33.4 Å². The molecule has 0 radical (unpaired) electrons. The molecular weight excluding hydrogens is 1750 g/mol. The first kappa shape index (κ1) is 106. The van der Waals surface area contributed by atoms with Crippen LogP contribution in [0.4, 0.5) is 27.4 Å². The van der Waals surface area contributed by atoms with Crippen molar-refractivity contribution in [2.24, 2.45) is 47.3 Å². The average molecular weight is 1900 g/mol. The van der Waals surface area contributed by atoms with Gasteiger partial charge in [-0.3, -0.25) is 62.5 Å². The summed E-state index contributed by atoms with van der Waals surface area (Å²) in [5.41, 5.74) is 5.80. The summed E-state index contributed by atoms with van der Waals surface area (Å²) in [5, 5.41) is 24.1. The lowest BCUT2D eigenvalue weighted by molar-refractivity contribution is -0.142. The van der Waals surface area contributed by atoms with E-state index in [0.29, 0.717) is 92.4 Å². The van der Waals surface area contributed by atoms with Gasteiger partial charge in [0, 0.05) is 96.4 Å². The fraction of sp³-hybridized carbons (Fsp3) is 0.541. The van der Waals surface area contributed by atoms with Crippen LogP contribution >= 0.6 is 0 Å². The molecule has 7 aromatic rings. The van der Waals surface area contributed by atoms with Gasteiger partial charge in [0.15, 0.2) is 0 Å². The van der Waals surface area contributed by atoms with Crippen molar-refractivity contribution in [3.05, 3.63) is 176 Å². The van der Waals surface area contributed by atoms with Crippen LogP contribution in [0.5, 0.6) is 0 Å². The van der Waals surface area contributed by atoms with Crippen LogP contribution in [0.2, 0.25) is 0 Å². The monoisotopic (exact) mass is 1900 g/mol. The van der Waals surface area contributed by atoms with Crippen molar-refractivity contribution < 1.29 is 61.9 Å². The van der Waals surface area contributed by atoms with Gasteiger partial charge in [-0.1, -0.05) is 236 Å². The summed E-state index contributed by atoms with van der Waals surface area (Å²) in [7, 11) is 0. The predicted octanol–water partition coefficient (Wildman–Crippen LogP) is 18.2. The number of benzene rings is 4. The molecule has 8 fully saturated rings. The van der Waals surface area contributed by atoms with E-state index in [2.05, 4.69) is 57.5 Å². The topological polar surface area (TPSA) is 353 Å². The molecule has 28 heteroatoms. The number of nitrogens with zero attached hydrogens (tertiary/aromatic N) is 7. The minimum atomic E-state index is -0.632. The predicted molar refractivity (Wildman–Crippen MR) is 541 cm³/mol. The Hall–Kier alpha value is -12.1. The summed E-state index contributed by atoms with van der Waals surface area (Å²) < 4.78 is 14.5. The third-order valence-electron chi connectivity index (χ3n) is 29.9. The second-order valence-electron chi connectivity index (χ2n) is 39.3. The SMILES string of the molecule is CC[C@@H](C)C(=O)N[C@H](C(=O)N1CCC[C@H]1C(=O)Nc1ccccc1-c1ccccc1F)C1CCCCC1.CC[C@@H](C)C(=O)N[C@H](C(=O)N1CCC[C@H]1C(=O)Nc1ccccn1)C1CCCCC1.CC[C@@H](C)C(=O)N[C@H](C(=O)N1CCC[C@H]1C(=O)Nc1cnccc1-c1ccccc1)C1CCCCC1.CC[C@@H](C)C(=O)N[C@H](C(=O)N1CCC[C@H]1C(=O)Nc1ncccc1-c1ccccc1)C1CCCCC1. The maximum atomic E-state index is 14.5. The van der Waals surface area contributed by atoms with Gasteiger partial charge in [0.2, 0.25) is 70.9 Å². The number of likely N-dealkylation sites (tertiary alicyclic amines) is 4. The summed E-state index contributed by atoms with van der Waals surface area (Å²) in [6, 6.07) is 39.6. The number of aromatic nitrogens is 3. The highest BCUT2D eigenvalue weighted by molar-refractivity contribution is 6.04. The zero-order valence-electron chi connectivity index (χ0n) is 82.8. The molecule has 15 rings (SSSR count). The van der Waals surface area contributed by atoms with Crippen molar-refractivity contribution in [1.29, 1.82) is 0 Å². The molecule has 4 saturated carbocycles. The highest BCUT2D eigenvalue weighted by atomic mass is 19.1. The number of pyridine rings is 3. The lowest BCUT2D eigenvalue weighted by Crippen LogP contribution is -2.56. The fourth-order valence-corrected chi connectivity index (χ4v) is 20.7. The Balaban J connectivity index is 0.000000167. The molecular formula is C111H148FN15O12. The number of halogens is 1. The molecule has 4 aliphatic heterocycles. The van der Waals surface area contributed by atoms with Gasteiger partial charge in [0.05, 0.1) is 11.9 Å². The van der Waals surface area contributed by atoms with Crippen LogP contribution in [-0.4, -0.2) is 180 Å². The van der Waals surface area contributed by atoms with Crippen LogP contribution in [0.1, 0.15) is 261 Å². The second-order valence-corrected chi connectivity index (χ2v) is 39.3. The van der Waals surface area contributed by atoms with E-state index in [-0.39, 0.29) is 124 Å². The third-order valence-corrected chi connectivity index (χ3v) is 29.9. The first-order valence-electron chi connectivity index (χ1n) is 51.8. The summed E-state index contributed by atoms with van der Waals surface area (Å²) >= 11 is 0. The Kier molecular flexibility index (Phi) is 40.6. The first-order chi connectivity index (χ1) is 67.4. The van der Waals surface area contributed by atoms with E-state index in [1.807, 2.05) is 140 Å². The number of nitrogens with one attached hydrogen (secondary N) is 8. The Morgan fingerprint density at radius 1 is 0.309 bits per heavy atom. The Morgan fingerprint density at radius 3 is 1.01 bits per heavy atom. The highest BCUT2D eigenvalue weighted by Crippen LogP contribution is 2.39. The molecule has 7 heterocycles. The summed E-state index contributed by atoms with van der Waals surface area (Å²) in [5.74, 6) is -1.35. The maximum Gasteiger partial charge on any atom is 0.248 e. The van der Waals surface area contributed by atoms with Crippen molar-refractivity contribution in [1.82, 2.24) is 55.8 Å². The van der Waals surface area contributed by atoms with Gasteiger partial charge in [-0.2, -0.15) is 0 Å². The van der Waals surface area contributed by atoms with Crippen molar-refractivity contribution in [3.63, 3.8) is 0 Å². The molecule has 0 bridgehead atoms. The van der Waals surface area contributed by atoms with Crippen LogP contribution in [0, 0.1) is 53.2 Å². The van der Waals surface area contributed by atoms with Crippen LogP contribution in [0.15, 0.2) is 170 Å². The van der Waals surface area contributed by atoms with E-state index in [0.717, 1.165) is 176 Å². The summed E-state index contributed by atoms with van der Waals surface area (Å²) in [6.45, 7) is 17.5. The molecule has 4 aliphatic carbocycles. The molecule has 8 N–H and O–H groups in total. The molecule has 27 nitrogen and oxygen atoms in total. The lowest BCUT2D eigenvalue weighted by atomic mass is 9.83. The van der Waals surface area contributed by atoms with Crippen LogP contribution in [-0.2, 0) is 57.5 Å². The number of anilines is 4. The van der Waals surface area contributed by atoms with Crippen molar-refractivity contribution in [2.45, 2.75) is 309 Å². The van der Waals surface area contributed by atoms with Gasteiger partial charge in [-0.25, -0.2) is 14.4 Å². The molecule has 139 heavy (non-hydrogen) atoms. The van der Waals surface area contributed by atoms with Crippen LogP contribution in [0.3, 0.4) is 0 Å². The smallest absolute Gasteiger partial charge is 0.248 e. The van der Waals surface area contributed by atoms with Crippen LogP contribution in [0.25, 0.3) is 33.4 Å². The van der Waals surface area contributed by atoms with E-state index >= 15 is 0 Å². The molecule has 0 unspecified atom stereocenters. The van der Waals surface area contributed by atoms with E-state index in [4.69, 9.17) is 0 Å². The second kappa shape index (κ2) is 53.3. The number of hydrogen-bond acceptors (Lipinski definition) is 15.